The number of amides is 2. The molecule has 0 bridgehead atoms. The number of nitrogens with zero attached hydrogens (tertiary/aromatic N) is 2. The van der Waals surface area contributed by atoms with Crippen LogP contribution in [0.2, 0.25) is 0 Å². The molecule has 0 atom stereocenters. The van der Waals surface area contributed by atoms with Gasteiger partial charge in [-0.1, -0.05) is 30.3 Å². The molecule has 0 spiro atoms. The maximum absolute atomic E-state index is 12.2. The zero-order valence-corrected chi connectivity index (χ0v) is 14.7. The molecule has 2 aromatic rings. The molecule has 0 unspecified atom stereocenters. The summed E-state index contributed by atoms with van der Waals surface area (Å²) < 4.78 is 10.1. The first-order chi connectivity index (χ1) is 13.1. The van der Waals surface area contributed by atoms with E-state index in [1.807, 2.05) is 30.3 Å². The first kappa shape index (κ1) is 18.4. The normalized spacial score (nSPS) is 14.4. The SMILES string of the molecule is O=C(/C=C/c1ccccc1)OCC(=O)N1CCN(C(=O)c2ccco2)CC1. The van der Waals surface area contributed by atoms with Crippen molar-refractivity contribution in [3.8, 4) is 0 Å². The van der Waals surface area contributed by atoms with E-state index in [9.17, 15) is 14.4 Å². The summed E-state index contributed by atoms with van der Waals surface area (Å²) in [5.74, 6) is -0.751. The number of furan rings is 1. The highest BCUT2D eigenvalue weighted by atomic mass is 16.5. The van der Waals surface area contributed by atoms with Gasteiger partial charge in [0.15, 0.2) is 12.4 Å². The Morgan fingerprint density at radius 2 is 1.67 bits per heavy atom. The van der Waals surface area contributed by atoms with Crippen LogP contribution in [0.4, 0.5) is 0 Å². The van der Waals surface area contributed by atoms with Crippen molar-refractivity contribution in [1.82, 2.24) is 9.80 Å². The highest BCUT2D eigenvalue weighted by Gasteiger charge is 2.26. The van der Waals surface area contributed by atoms with E-state index in [1.54, 1.807) is 28.0 Å². The van der Waals surface area contributed by atoms with Gasteiger partial charge in [-0.25, -0.2) is 4.79 Å². The summed E-state index contributed by atoms with van der Waals surface area (Å²) in [6.07, 6.45) is 4.38. The van der Waals surface area contributed by atoms with Crippen molar-refractivity contribution in [1.29, 1.82) is 0 Å². The summed E-state index contributed by atoms with van der Waals surface area (Å²) in [5, 5.41) is 0. The van der Waals surface area contributed by atoms with Crippen LogP contribution in [0.3, 0.4) is 0 Å². The van der Waals surface area contributed by atoms with E-state index in [1.165, 1.54) is 12.3 Å². The molecule has 1 aromatic carbocycles. The summed E-state index contributed by atoms with van der Waals surface area (Å²) in [7, 11) is 0. The molecule has 3 rings (SSSR count). The fraction of sp³-hybridized carbons (Fsp3) is 0.250. The van der Waals surface area contributed by atoms with Crippen LogP contribution in [0.5, 0.6) is 0 Å². The van der Waals surface area contributed by atoms with E-state index in [4.69, 9.17) is 9.15 Å². The third-order valence-electron chi connectivity index (χ3n) is 4.20. The summed E-state index contributed by atoms with van der Waals surface area (Å²) in [5.41, 5.74) is 0.873. The van der Waals surface area contributed by atoms with Crippen molar-refractivity contribution >= 4 is 23.9 Å². The van der Waals surface area contributed by atoms with E-state index in [0.717, 1.165) is 5.56 Å². The van der Waals surface area contributed by atoms with Gasteiger partial charge in [0.25, 0.3) is 11.8 Å². The van der Waals surface area contributed by atoms with Crippen LogP contribution >= 0.6 is 0 Å². The molecule has 2 heterocycles. The van der Waals surface area contributed by atoms with E-state index >= 15 is 0 Å². The van der Waals surface area contributed by atoms with Crippen LogP contribution < -0.4 is 0 Å². The molecule has 0 N–H and O–H groups in total. The average Bonchev–Trinajstić information content (AvgIpc) is 3.25. The lowest BCUT2D eigenvalue weighted by molar-refractivity contribution is -0.148. The van der Waals surface area contributed by atoms with E-state index in [-0.39, 0.29) is 24.2 Å². The van der Waals surface area contributed by atoms with Crippen LogP contribution in [0.25, 0.3) is 6.08 Å². The number of ether oxygens (including phenoxy) is 1. The van der Waals surface area contributed by atoms with Crippen LogP contribution in [0.1, 0.15) is 16.1 Å². The zero-order valence-electron chi connectivity index (χ0n) is 14.7. The number of hydrogen-bond acceptors (Lipinski definition) is 5. The summed E-state index contributed by atoms with van der Waals surface area (Å²) in [6.45, 7) is 1.29. The van der Waals surface area contributed by atoms with Gasteiger partial charge in [0.05, 0.1) is 6.26 Å². The Balaban J connectivity index is 1.41. The van der Waals surface area contributed by atoms with Crippen molar-refractivity contribution in [2.24, 2.45) is 0 Å². The van der Waals surface area contributed by atoms with Crippen molar-refractivity contribution in [2.75, 3.05) is 32.8 Å². The van der Waals surface area contributed by atoms with Crippen molar-refractivity contribution in [3.05, 3.63) is 66.1 Å². The molecular formula is C20H20N2O5. The van der Waals surface area contributed by atoms with Crippen LogP contribution in [-0.2, 0) is 14.3 Å². The van der Waals surface area contributed by atoms with E-state index in [0.29, 0.717) is 26.2 Å². The predicted octanol–water partition coefficient (Wildman–Crippen LogP) is 1.82. The molecule has 1 fully saturated rings. The molecule has 2 amide bonds. The van der Waals surface area contributed by atoms with Gasteiger partial charge >= 0.3 is 5.97 Å². The fourth-order valence-corrected chi connectivity index (χ4v) is 2.72. The first-order valence-electron chi connectivity index (χ1n) is 8.64. The smallest absolute Gasteiger partial charge is 0.331 e. The Bertz CT molecular complexity index is 806. The molecular weight excluding hydrogens is 348 g/mol. The monoisotopic (exact) mass is 368 g/mol. The minimum Gasteiger partial charge on any atom is -0.459 e. The first-order valence-corrected chi connectivity index (χ1v) is 8.64. The molecule has 7 nitrogen and oxygen atoms in total. The van der Waals surface area contributed by atoms with Crippen LogP contribution in [0, 0.1) is 0 Å². The molecule has 7 heteroatoms. The van der Waals surface area contributed by atoms with Gasteiger partial charge in [-0.2, -0.15) is 0 Å². The number of carbonyl (C=O) groups excluding carboxylic acids is 3. The van der Waals surface area contributed by atoms with Crippen molar-refractivity contribution in [3.63, 3.8) is 0 Å². The summed E-state index contributed by atoms with van der Waals surface area (Å²) >= 11 is 0. The van der Waals surface area contributed by atoms with Gasteiger partial charge in [0.1, 0.15) is 0 Å². The molecule has 1 aliphatic heterocycles. The van der Waals surface area contributed by atoms with Crippen LogP contribution in [0.15, 0.2) is 59.2 Å². The lowest BCUT2D eigenvalue weighted by Crippen LogP contribution is -2.51. The molecule has 0 saturated carbocycles. The Morgan fingerprint density at radius 3 is 2.33 bits per heavy atom. The standard InChI is InChI=1S/C20H20N2O5/c23-18(15-27-19(24)9-8-16-5-2-1-3-6-16)21-10-12-22(13-11-21)20(25)17-7-4-14-26-17/h1-9,14H,10-13,15H2/b9-8+. The Labute approximate surface area is 156 Å². The number of hydrogen-bond donors (Lipinski definition) is 0. The van der Waals surface area contributed by atoms with Gasteiger partial charge in [-0.05, 0) is 23.8 Å². The summed E-state index contributed by atoms with van der Waals surface area (Å²) in [6, 6.07) is 12.6. The van der Waals surface area contributed by atoms with Gasteiger partial charge in [-0.3, -0.25) is 9.59 Å². The maximum Gasteiger partial charge on any atom is 0.331 e. The highest BCUT2D eigenvalue weighted by Crippen LogP contribution is 2.09. The van der Waals surface area contributed by atoms with E-state index < -0.39 is 5.97 Å². The zero-order chi connectivity index (χ0) is 19.1. The van der Waals surface area contributed by atoms with Crippen LogP contribution in [-0.4, -0.2) is 60.4 Å². The van der Waals surface area contributed by atoms with Gasteiger partial charge in [-0.15, -0.1) is 0 Å². The average molecular weight is 368 g/mol. The molecule has 1 saturated heterocycles. The molecule has 1 aliphatic rings. The third-order valence-corrected chi connectivity index (χ3v) is 4.20. The Morgan fingerprint density at radius 1 is 0.963 bits per heavy atom. The predicted molar refractivity (Wildman–Crippen MR) is 97.6 cm³/mol. The number of benzene rings is 1. The summed E-state index contributed by atoms with van der Waals surface area (Å²) in [4.78, 5) is 39.3. The van der Waals surface area contributed by atoms with Gasteiger partial charge < -0.3 is 19.0 Å². The number of esters is 1. The van der Waals surface area contributed by atoms with Crippen molar-refractivity contribution in [2.45, 2.75) is 0 Å². The van der Waals surface area contributed by atoms with Gasteiger partial charge in [0, 0.05) is 32.3 Å². The van der Waals surface area contributed by atoms with Gasteiger partial charge in [0.2, 0.25) is 0 Å². The maximum atomic E-state index is 12.2. The third kappa shape index (κ3) is 5.07. The Kier molecular flexibility index (Phi) is 6.04. The Hall–Kier alpha value is -3.35. The molecule has 0 radical (unpaired) electrons. The second-order valence-electron chi connectivity index (χ2n) is 6.00. The lowest BCUT2D eigenvalue weighted by Gasteiger charge is -2.34. The van der Waals surface area contributed by atoms with E-state index in [2.05, 4.69) is 0 Å². The minimum absolute atomic E-state index is 0.190. The molecule has 140 valence electrons. The largest absolute Gasteiger partial charge is 0.459 e. The number of rotatable bonds is 5. The molecule has 27 heavy (non-hydrogen) atoms. The van der Waals surface area contributed by atoms with Crippen molar-refractivity contribution < 1.29 is 23.5 Å². The number of piperazine rings is 1. The number of carbonyl (C=O) groups is 3. The highest BCUT2D eigenvalue weighted by molar-refractivity contribution is 5.92. The lowest BCUT2D eigenvalue weighted by atomic mass is 10.2. The second kappa shape index (κ2) is 8.84. The topological polar surface area (TPSA) is 80.1 Å². The quantitative estimate of drug-likeness (QED) is 0.594. The second-order valence-corrected chi connectivity index (χ2v) is 6.00. The molecule has 0 aliphatic carbocycles. The fourth-order valence-electron chi connectivity index (χ4n) is 2.72. The molecule has 1 aromatic heterocycles. The minimum atomic E-state index is -0.571.